The molecule has 0 radical (unpaired) electrons. The van der Waals surface area contributed by atoms with Gasteiger partial charge in [-0.25, -0.2) is 4.98 Å². The predicted octanol–water partition coefficient (Wildman–Crippen LogP) is 6.42. The number of rotatable bonds is 6. The van der Waals surface area contributed by atoms with Crippen LogP contribution in [0.15, 0.2) is 41.3 Å². The van der Waals surface area contributed by atoms with E-state index in [1.165, 1.54) is 11.3 Å². The fourth-order valence-electron chi connectivity index (χ4n) is 2.34. The van der Waals surface area contributed by atoms with E-state index in [9.17, 15) is 4.79 Å². The van der Waals surface area contributed by atoms with Gasteiger partial charge in [0.1, 0.15) is 0 Å². The Kier molecular flexibility index (Phi) is 6.23. The average Bonchev–Trinajstić information content (AvgIpc) is 2.96. The SMILES string of the molecule is Cc1cc(Cl)cc2sc(NC(=O)CCCSc3ccc(Cl)cc3)nc12. The number of anilines is 1. The molecular formula is C18H16Cl2N2OS2. The van der Waals surface area contributed by atoms with E-state index in [0.717, 1.165) is 37.9 Å². The molecular weight excluding hydrogens is 395 g/mol. The normalized spacial score (nSPS) is 11.0. The van der Waals surface area contributed by atoms with Crippen LogP contribution >= 0.6 is 46.3 Å². The number of fused-ring (bicyclic) bond motifs is 1. The number of hydrogen-bond acceptors (Lipinski definition) is 4. The first-order chi connectivity index (χ1) is 12.0. The molecule has 1 amide bonds. The maximum Gasteiger partial charge on any atom is 0.226 e. The average molecular weight is 411 g/mol. The fourth-order valence-corrected chi connectivity index (χ4v) is 4.66. The smallest absolute Gasteiger partial charge is 0.226 e. The molecule has 7 heteroatoms. The Morgan fingerprint density at radius 3 is 2.72 bits per heavy atom. The maximum atomic E-state index is 12.1. The van der Waals surface area contributed by atoms with E-state index in [2.05, 4.69) is 10.3 Å². The minimum absolute atomic E-state index is 0.0143. The number of nitrogens with zero attached hydrogens (tertiary/aromatic N) is 1. The minimum Gasteiger partial charge on any atom is -0.302 e. The summed E-state index contributed by atoms with van der Waals surface area (Å²) < 4.78 is 0.985. The van der Waals surface area contributed by atoms with Crippen LogP contribution in [-0.4, -0.2) is 16.6 Å². The number of amides is 1. The molecule has 0 aliphatic carbocycles. The first-order valence-corrected chi connectivity index (χ1v) is 10.3. The third kappa shape index (κ3) is 5.11. The van der Waals surface area contributed by atoms with E-state index in [4.69, 9.17) is 23.2 Å². The monoisotopic (exact) mass is 410 g/mol. The second kappa shape index (κ2) is 8.41. The second-order valence-corrected chi connectivity index (χ2v) is 8.61. The summed E-state index contributed by atoms with van der Waals surface area (Å²) in [5.74, 6) is 0.864. The van der Waals surface area contributed by atoms with Gasteiger partial charge in [-0.1, -0.05) is 34.5 Å². The van der Waals surface area contributed by atoms with Gasteiger partial charge in [-0.15, -0.1) is 11.8 Å². The zero-order chi connectivity index (χ0) is 17.8. The molecule has 130 valence electrons. The molecule has 0 saturated carbocycles. The van der Waals surface area contributed by atoms with Gasteiger partial charge in [-0.3, -0.25) is 4.79 Å². The largest absolute Gasteiger partial charge is 0.302 e. The van der Waals surface area contributed by atoms with Gasteiger partial charge in [0.05, 0.1) is 10.2 Å². The lowest BCUT2D eigenvalue weighted by Gasteiger charge is -2.03. The number of aryl methyl sites for hydroxylation is 1. The van der Waals surface area contributed by atoms with E-state index in [1.54, 1.807) is 11.8 Å². The number of aromatic nitrogens is 1. The van der Waals surface area contributed by atoms with Crippen LogP contribution in [0.3, 0.4) is 0 Å². The fraction of sp³-hybridized carbons (Fsp3) is 0.222. The number of carbonyl (C=O) groups is 1. The molecule has 1 aromatic heterocycles. The van der Waals surface area contributed by atoms with Gasteiger partial charge in [-0.2, -0.15) is 0 Å². The van der Waals surface area contributed by atoms with E-state index in [0.29, 0.717) is 16.6 Å². The predicted molar refractivity (Wildman–Crippen MR) is 109 cm³/mol. The van der Waals surface area contributed by atoms with Gasteiger partial charge in [0.15, 0.2) is 5.13 Å². The zero-order valence-corrected chi connectivity index (χ0v) is 16.7. The summed E-state index contributed by atoms with van der Waals surface area (Å²) in [5.41, 5.74) is 1.90. The number of benzene rings is 2. The van der Waals surface area contributed by atoms with Crippen molar-refractivity contribution in [1.29, 1.82) is 0 Å². The van der Waals surface area contributed by atoms with Crippen molar-refractivity contribution in [3.63, 3.8) is 0 Å². The Morgan fingerprint density at radius 1 is 1.20 bits per heavy atom. The number of thiazole rings is 1. The quantitative estimate of drug-likeness (QED) is 0.376. The van der Waals surface area contributed by atoms with Crippen molar-refractivity contribution in [2.75, 3.05) is 11.1 Å². The van der Waals surface area contributed by atoms with Crippen LogP contribution in [0.4, 0.5) is 5.13 Å². The van der Waals surface area contributed by atoms with Crippen LogP contribution in [0.2, 0.25) is 10.0 Å². The van der Waals surface area contributed by atoms with Crippen LogP contribution in [0, 0.1) is 6.92 Å². The van der Waals surface area contributed by atoms with Crippen molar-refractivity contribution in [3.05, 3.63) is 52.0 Å². The number of hydrogen-bond donors (Lipinski definition) is 1. The zero-order valence-electron chi connectivity index (χ0n) is 13.5. The maximum absolute atomic E-state index is 12.1. The van der Waals surface area contributed by atoms with Gasteiger partial charge in [0, 0.05) is 21.4 Å². The molecule has 1 N–H and O–H groups in total. The van der Waals surface area contributed by atoms with Crippen molar-refractivity contribution < 1.29 is 4.79 Å². The van der Waals surface area contributed by atoms with Crippen molar-refractivity contribution in [2.45, 2.75) is 24.7 Å². The number of thioether (sulfide) groups is 1. The van der Waals surface area contributed by atoms with E-state index >= 15 is 0 Å². The van der Waals surface area contributed by atoms with E-state index in [-0.39, 0.29) is 5.91 Å². The highest BCUT2D eigenvalue weighted by molar-refractivity contribution is 7.99. The molecule has 25 heavy (non-hydrogen) atoms. The molecule has 3 nitrogen and oxygen atoms in total. The van der Waals surface area contributed by atoms with Crippen LogP contribution in [0.5, 0.6) is 0 Å². The summed E-state index contributed by atoms with van der Waals surface area (Å²) >= 11 is 15.1. The molecule has 0 bridgehead atoms. The molecule has 0 spiro atoms. The van der Waals surface area contributed by atoms with Crippen LogP contribution in [0.25, 0.3) is 10.2 Å². The van der Waals surface area contributed by atoms with Gasteiger partial charge in [-0.05, 0) is 61.1 Å². The number of halogens is 2. The summed E-state index contributed by atoms with van der Waals surface area (Å²) in [6, 6.07) is 11.5. The van der Waals surface area contributed by atoms with Crippen molar-refractivity contribution in [1.82, 2.24) is 4.98 Å². The molecule has 0 saturated heterocycles. The van der Waals surface area contributed by atoms with Crippen LogP contribution in [-0.2, 0) is 4.79 Å². The summed E-state index contributed by atoms with van der Waals surface area (Å²) in [7, 11) is 0. The Morgan fingerprint density at radius 2 is 1.96 bits per heavy atom. The lowest BCUT2D eigenvalue weighted by Crippen LogP contribution is -2.11. The molecule has 0 aliphatic rings. The van der Waals surface area contributed by atoms with Crippen LogP contribution in [0.1, 0.15) is 18.4 Å². The molecule has 3 rings (SSSR count). The van der Waals surface area contributed by atoms with Gasteiger partial charge in [0.25, 0.3) is 0 Å². The second-order valence-electron chi connectivity index (χ2n) is 5.54. The van der Waals surface area contributed by atoms with Crippen molar-refractivity contribution in [3.8, 4) is 0 Å². The first-order valence-electron chi connectivity index (χ1n) is 7.76. The lowest BCUT2D eigenvalue weighted by molar-refractivity contribution is -0.116. The minimum atomic E-state index is -0.0143. The molecule has 3 aromatic rings. The highest BCUT2D eigenvalue weighted by Crippen LogP contribution is 2.31. The molecule has 1 heterocycles. The number of nitrogens with one attached hydrogen (secondary N) is 1. The molecule has 2 aromatic carbocycles. The highest BCUT2D eigenvalue weighted by Gasteiger charge is 2.10. The van der Waals surface area contributed by atoms with Gasteiger partial charge < -0.3 is 5.32 Å². The standard InChI is InChI=1S/C18H16Cl2N2OS2/c1-11-9-13(20)10-15-17(11)22-18(25-15)21-16(23)3-2-8-24-14-6-4-12(19)5-7-14/h4-7,9-10H,2-3,8H2,1H3,(H,21,22,23). The van der Waals surface area contributed by atoms with Crippen molar-refractivity contribution >= 4 is 67.6 Å². The van der Waals surface area contributed by atoms with Crippen LogP contribution < -0.4 is 5.32 Å². The van der Waals surface area contributed by atoms with Gasteiger partial charge >= 0.3 is 0 Å². The summed E-state index contributed by atoms with van der Waals surface area (Å²) in [6.07, 6.45) is 1.27. The summed E-state index contributed by atoms with van der Waals surface area (Å²) in [5, 5.41) is 4.92. The third-order valence-corrected chi connectivity index (χ3v) is 6.01. The van der Waals surface area contributed by atoms with Gasteiger partial charge in [0.2, 0.25) is 5.91 Å². The molecule has 0 atom stereocenters. The Hall–Kier alpha value is -1.27. The topological polar surface area (TPSA) is 42.0 Å². The highest BCUT2D eigenvalue weighted by atomic mass is 35.5. The molecule has 0 fully saturated rings. The third-order valence-electron chi connectivity index (χ3n) is 3.53. The Labute approximate surface area is 164 Å². The lowest BCUT2D eigenvalue weighted by atomic mass is 10.2. The van der Waals surface area contributed by atoms with E-state index < -0.39 is 0 Å². The number of carbonyl (C=O) groups excluding carboxylic acids is 1. The molecule has 0 aliphatic heterocycles. The molecule has 0 unspecified atom stereocenters. The Bertz CT molecular complexity index is 894. The summed E-state index contributed by atoms with van der Waals surface area (Å²) in [4.78, 5) is 17.7. The van der Waals surface area contributed by atoms with Crippen molar-refractivity contribution in [2.24, 2.45) is 0 Å². The first kappa shape index (κ1) is 18.5. The van der Waals surface area contributed by atoms with E-state index in [1.807, 2.05) is 43.3 Å². The Balaban J connectivity index is 1.49. The summed E-state index contributed by atoms with van der Waals surface area (Å²) in [6.45, 7) is 1.97.